The molecule has 0 aliphatic carbocycles. The molecule has 0 amide bonds. The third kappa shape index (κ3) is 39.7. The molecule has 0 atom stereocenters. The van der Waals surface area contributed by atoms with Gasteiger partial charge in [-0.25, -0.2) is 29.3 Å². The van der Waals surface area contributed by atoms with Gasteiger partial charge in [-0.05, 0) is 142 Å². The lowest BCUT2D eigenvalue weighted by molar-refractivity contribution is -0.137. The Bertz CT molecular complexity index is 2840. The van der Waals surface area contributed by atoms with E-state index in [1.165, 1.54) is 29.3 Å². The molecule has 0 saturated heterocycles. The number of alkyl halides is 3. The minimum absolute atomic E-state index is 0.282. The number of halogens is 11. The van der Waals surface area contributed by atoms with Gasteiger partial charge >= 0.3 is 12.3 Å². The summed E-state index contributed by atoms with van der Waals surface area (Å²) in [4.78, 5) is 37.5. The van der Waals surface area contributed by atoms with Crippen molar-refractivity contribution in [3.05, 3.63) is 210 Å². The van der Waals surface area contributed by atoms with Gasteiger partial charge in [-0.1, -0.05) is 17.7 Å². The minimum Gasteiger partial charge on any atom is -0.339 e. The Morgan fingerprint density at radius 1 is 0.476 bits per heavy atom. The molecule has 0 saturated carbocycles. The van der Waals surface area contributed by atoms with E-state index in [1.54, 1.807) is 102 Å². The van der Waals surface area contributed by atoms with Gasteiger partial charge in [0.1, 0.15) is 52.1 Å². The molecule has 82 heavy (non-hydrogen) atoms. The van der Waals surface area contributed by atoms with Crippen LogP contribution in [0.2, 0.25) is 10.3 Å². The number of hydrogen-bond donors (Lipinski definition) is 0. The van der Waals surface area contributed by atoms with Crippen molar-refractivity contribution in [3.8, 4) is 0 Å². The largest absolute Gasteiger partial charge is 0.417 e. The van der Waals surface area contributed by atoms with E-state index in [4.69, 9.17) is 23.2 Å². The first-order valence-electron chi connectivity index (χ1n) is 22.7. The summed E-state index contributed by atoms with van der Waals surface area (Å²) >= 11 is 21.4. The van der Waals surface area contributed by atoms with Gasteiger partial charge in [-0.15, -0.1) is 30.6 Å². The SMILES string of the molecule is Cc1ccc(C(F)(F)F)cn1.Cc1ccc(Cl)cn1.Cc1ccc(F)cn1.Cc1ccccn1.Cn1cnc(Br)c1.Cn1cnc(Br)n1.Cn1cnc(Cl)n1.Cn1cnc(F)n1.Cn1cnc(I)c1.Cn1cnc(I)n1.Cn1cnnc1. The summed E-state index contributed by atoms with van der Waals surface area (Å²) in [7, 11) is 12.8. The molecule has 0 fully saturated rings. The van der Waals surface area contributed by atoms with Crippen molar-refractivity contribution in [2.45, 2.75) is 33.9 Å². The molecule has 34 heteroatoms. The zero-order chi connectivity index (χ0) is 61.6. The van der Waals surface area contributed by atoms with Gasteiger partial charge in [-0.2, -0.15) is 22.5 Å². The van der Waals surface area contributed by atoms with Crippen molar-refractivity contribution in [1.29, 1.82) is 0 Å². The van der Waals surface area contributed by atoms with Gasteiger partial charge in [0.05, 0.1) is 29.4 Å². The van der Waals surface area contributed by atoms with Crippen LogP contribution in [0.3, 0.4) is 0 Å². The second-order valence-electron chi connectivity index (χ2n) is 15.5. The average molecular weight is 1530 g/mol. The zero-order valence-electron chi connectivity index (χ0n) is 45.7. The first-order valence-corrected chi connectivity index (χ1v) is 27.2. The Hall–Kier alpha value is -6.63. The van der Waals surface area contributed by atoms with Gasteiger partial charge in [0.25, 0.3) is 0 Å². The van der Waals surface area contributed by atoms with Crippen LogP contribution in [-0.2, 0) is 55.5 Å². The fourth-order valence-electron chi connectivity index (χ4n) is 4.25. The Morgan fingerprint density at radius 2 is 1.00 bits per heavy atom. The van der Waals surface area contributed by atoms with Crippen LogP contribution >= 0.6 is 100 Å². The quantitative estimate of drug-likeness (QED) is 0.101. The van der Waals surface area contributed by atoms with Crippen molar-refractivity contribution in [3.63, 3.8) is 0 Å². The molecule has 0 N–H and O–H groups in total. The lowest BCUT2D eigenvalue weighted by Gasteiger charge is -2.04. The van der Waals surface area contributed by atoms with E-state index in [-0.39, 0.29) is 5.82 Å². The number of imidazole rings is 2. The Balaban J connectivity index is 0.000000452. The topological polar surface area (TPSA) is 241 Å². The Kier molecular flexibility index (Phi) is 37.0. The second-order valence-corrected chi connectivity index (χ2v) is 19.9. The minimum atomic E-state index is -4.28. The maximum atomic E-state index is 12.0. The molecule has 0 bridgehead atoms. The van der Waals surface area contributed by atoms with Crippen LogP contribution in [0.1, 0.15) is 28.3 Å². The molecule has 0 radical (unpaired) electrons. The summed E-state index contributed by atoms with van der Waals surface area (Å²) < 4.78 is 74.4. The average Bonchev–Trinajstić information content (AvgIpc) is 4.35. The number of pyridine rings is 4. The smallest absolute Gasteiger partial charge is 0.339 e. The zero-order valence-corrected chi connectivity index (χ0v) is 54.7. The van der Waals surface area contributed by atoms with Crippen molar-refractivity contribution < 1.29 is 22.0 Å². The predicted molar refractivity (Wildman–Crippen MR) is 323 cm³/mol. The Morgan fingerprint density at radius 3 is 1.21 bits per heavy atom. The first-order chi connectivity index (χ1) is 38.6. The van der Waals surface area contributed by atoms with Gasteiger partial charge in [0.15, 0.2) is 0 Å². The van der Waals surface area contributed by atoms with Crippen LogP contribution in [-0.4, -0.2) is 113 Å². The van der Waals surface area contributed by atoms with Gasteiger partial charge in [-0.3, -0.25) is 38.7 Å². The third-order valence-corrected chi connectivity index (χ3v) is 10.2. The van der Waals surface area contributed by atoms with E-state index in [0.29, 0.717) is 20.7 Å². The highest BCUT2D eigenvalue weighted by Gasteiger charge is 2.30. The molecular formula is C48H56Br2Cl2F5I2N23. The van der Waals surface area contributed by atoms with E-state index in [9.17, 15) is 22.0 Å². The van der Waals surface area contributed by atoms with Gasteiger partial charge < -0.3 is 13.7 Å². The van der Waals surface area contributed by atoms with Crippen LogP contribution in [0.5, 0.6) is 0 Å². The number of aromatic nitrogens is 23. The fraction of sp³-hybridized carbons (Fsp3) is 0.250. The molecule has 0 aromatic carbocycles. The van der Waals surface area contributed by atoms with Crippen molar-refractivity contribution in [2.75, 3.05) is 0 Å². The lowest BCUT2D eigenvalue weighted by atomic mass is 10.2. The second kappa shape index (κ2) is 41.4. The molecule has 0 spiro atoms. The summed E-state index contributed by atoms with van der Waals surface area (Å²) in [5, 5.41) is 22.7. The van der Waals surface area contributed by atoms with Crippen LogP contribution in [0, 0.1) is 47.1 Å². The molecule has 440 valence electrons. The molecular weight excluding hydrogens is 1480 g/mol. The van der Waals surface area contributed by atoms with Crippen molar-refractivity contribution >= 4 is 100 Å². The van der Waals surface area contributed by atoms with Crippen molar-refractivity contribution in [2.24, 2.45) is 49.3 Å². The van der Waals surface area contributed by atoms with Gasteiger partial charge in [0.2, 0.25) is 13.8 Å². The maximum Gasteiger partial charge on any atom is 0.417 e. The van der Waals surface area contributed by atoms with E-state index in [2.05, 4.69) is 157 Å². The summed E-state index contributed by atoms with van der Waals surface area (Å²) in [6.45, 7) is 7.36. The standard InChI is InChI=1S/C7H6F3N.C6H6ClN.C6H6FN.C6H7N.C4H5BrN2.C4H5IN2.C3H4BrN3.C3H4ClN3.C3H4FN3.C3H4IN3.C3H5N3/c1-5-2-3-6(4-11-5)7(8,9)10;2*1-5-2-3-6(7)4-8-5;1-6-4-2-3-5-7-6;2*1-7-2-4(5)6-3-7;4*1-7-2-5-3(4)6-7;1-6-2-4-5-3-6/h2-4H,1H3;2*2-4H,1H3;2-5H,1H3;2*2-3H,1H3;4*2H,1H3;2-3H,1H3. The molecule has 0 unspecified atom stereocenters. The number of nitrogens with zero attached hydrogens (tertiary/aromatic N) is 23. The Labute approximate surface area is 523 Å². The number of aryl methyl sites for hydroxylation is 11. The molecule has 11 heterocycles. The van der Waals surface area contributed by atoms with Crippen LogP contribution in [0.25, 0.3) is 0 Å². The molecule has 11 aromatic rings. The maximum absolute atomic E-state index is 12.0. The van der Waals surface area contributed by atoms with Crippen LogP contribution < -0.4 is 0 Å². The van der Waals surface area contributed by atoms with Gasteiger partial charge in [0, 0.05) is 126 Å². The monoisotopic (exact) mass is 1530 g/mol. The van der Waals surface area contributed by atoms with Crippen LogP contribution in [0.4, 0.5) is 22.0 Å². The van der Waals surface area contributed by atoms with Crippen LogP contribution in [0.15, 0.2) is 152 Å². The number of rotatable bonds is 0. The van der Waals surface area contributed by atoms with E-state index >= 15 is 0 Å². The van der Waals surface area contributed by atoms with E-state index < -0.39 is 17.8 Å². The fourth-order valence-corrected chi connectivity index (χ4v) is 6.31. The summed E-state index contributed by atoms with van der Waals surface area (Å²) in [5.41, 5.74) is 2.78. The normalized spacial score (nSPS) is 9.59. The molecule has 11 rings (SSSR count). The molecule has 0 aliphatic rings. The predicted octanol–water partition coefficient (Wildman–Crippen LogP) is 10.8. The number of hydrogen-bond acceptors (Lipinski definition) is 16. The highest BCUT2D eigenvalue weighted by atomic mass is 127. The van der Waals surface area contributed by atoms with Crippen molar-refractivity contribution in [1.82, 2.24) is 113 Å². The summed E-state index contributed by atoms with van der Waals surface area (Å²) in [6, 6.07) is 14.9. The lowest BCUT2D eigenvalue weighted by Crippen LogP contribution is -2.05. The van der Waals surface area contributed by atoms with E-state index in [0.717, 1.165) is 41.5 Å². The highest BCUT2D eigenvalue weighted by molar-refractivity contribution is 14.1. The third-order valence-electron chi connectivity index (χ3n) is 7.97. The summed E-state index contributed by atoms with van der Waals surface area (Å²) in [5.74, 6) is -0.282. The first kappa shape index (κ1) is 73.4. The molecule has 0 aliphatic heterocycles. The highest BCUT2D eigenvalue weighted by Crippen LogP contribution is 2.28. The van der Waals surface area contributed by atoms with E-state index in [1.807, 2.05) is 108 Å². The molecule has 23 nitrogen and oxygen atoms in total. The summed E-state index contributed by atoms with van der Waals surface area (Å²) in [6.07, 6.45) is 17.3. The molecule has 11 aromatic heterocycles.